The van der Waals surface area contributed by atoms with Gasteiger partial charge in [0.15, 0.2) is 0 Å². The van der Waals surface area contributed by atoms with Crippen molar-refractivity contribution < 1.29 is 27.9 Å². The standard InChI is InChI=1S/C25H19F3N6O.CH2O2/c26-25(27,28)16-30-24(35)32-20-6-1-5-19(12-20)22-15-29-23-14-18(8-11-33(22)23)17-4-2-7-21(13-17)34-10-3-9-31-34;2-1-3/h1-15H,16H2,(H2,30,32,35);1H,(H,2,3). The first kappa shape index (κ1) is 25.9. The number of alkyl halides is 3. The van der Waals surface area contributed by atoms with Crippen LogP contribution in [0.1, 0.15) is 0 Å². The maximum atomic E-state index is 12.3. The minimum Gasteiger partial charge on any atom is -0.483 e. The molecule has 0 atom stereocenters. The van der Waals surface area contributed by atoms with Crippen LogP contribution in [-0.2, 0) is 4.79 Å². The van der Waals surface area contributed by atoms with Crippen LogP contribution < -0.4 is 10.6 Å². The lowest BCUT2D eigenvalue weighted by Crippen LogP contribution is -2.36. The number of carbonyl (C=O) groups is 2. The molecule has 2 amide bonds. The van der Waals surface area contributed by atoms with Crippen LogP contribution in [0.4, 0.5) is 23.7 Å². The predicted molar refractivity (Wildman–Crippen MR) is 135 cm³/mol. The van der Waals surface area contributed by atoms with Crippen LogP contribution in [-0.4, -0.2) is 49.5 Å². The number of pyridine rings is 1. The summed E-state index contributed by atoms with van der Waals surface area (Å²) in [6.07, 6.45) is 2.75. The summed E-state index contributed by atoms with van der Waals surface area (Å²) in [5, 5.41) is 15.4. The Bertz CT molecular complexity index is 1550. The van der Waals surface area contributed by atoms with Crippen molar-refractivity contribution in [3.63, 3.8) is 0 Å². The Kier molecular flexibility index (Phi) is 7.71. The van der Waals surface area contributed by atoms with Gasteiger partial charge in [0.2, 0.25) is 0 Å². The summed E-state index contributed by atoms with van der Waals surface area (Å²) >= 11 is 0. The van der Waals surface area contributed by atoms with Crippen molar-refractivity contribution in [3.8, 4) is 28.1 Å². The number of aromatic nitrogens is 4. The third-order valence-electron chi connectivity index (χ3n) is 5.33. The Labute approximate surface area is 214 Å². The lowest BCUT2D eigenvalue weighted by atomic mass is 10.1. The third-order valence-corrected chi connectivity index (χ3v) is 5.33. The van der Waals surface area contributed by atoms with E-state index in [1.807, 2.05) is 65.3 Å². The minimum atomic E-state index is -4.48. The molecular formula is C26H21F3N6O3. The van der Waals surface area contributed by atoms with Gasteiger partial charge < -0.3 is 15.7 Å². The Morgan fingerprint density at radius 1 is 0.974 bits per heavy atom. The number of imidazole rings is 1. The van der Waals surface area contributed by atoms with E-state index in [4.69, 9.17) is 9.90 Å². The van der Waals surface area contributed by atoms with Crippen LogP contribution in [0.3, 0.4) is 0 Å². The highest BCUT2D eigenvalue weighted by atomic mass is 19.4. The Morgan fingerprint density at radius 2 is 1.71 bits per heavy atom. The maximum absolute atomic E-state index is 12.3. The quantitative estimate of drug-likeness (QED) is 0.273. The van der Waals surface area contributed by atoms with Gasteiger partial charge in [0.1, 0.15) is 12.2 Å². The number of nitrogens with one attached hydrogen (secondary N) is 2. The largest absolute Gasteiger partial charge is 0.483 e. The fourth-order valence-corrected chi connectivity index (χ4v) is 3.74. The van der Waals surface area contributed by atoms with E-state index in [1.54, 1.807) is 40.6 Å². The second-order valence-corrected chi connectivity index (χ2v) is 7.90. The number of rotatable bonds is 5. The Morgan fingerprint density at radius 3 is 2.45 bits per heavy atom. The zero-order valence-electron chi connectivity index (χ0n) is 19.6. The second kappa shape index (κ2) is 11.3. The number of anilines is 1. The van der Waals surface area contributed by atoms with E-state index in [1.165, 1.54) is 0 Å². The zero-order valence-corrected chi connectivity index (χ0v) is 19.6. The van der Waals surface area contributed by atoms with E-state index in [0.717, 1.165) is 33.7 Å². The number of amides is 2. The molecule has 0 saturated carbocycles. The van der Waals surface area contributed by atoms with Crippen molar-refractivity contribution >= 4 is 23.8 Å². The van der Waals surface area contributed by atoms with Crippen molar-refractivity contribution in [1.29, 1.82) is 0 Å². The molecule has 3 aromatic heterocycles. The van der Waals surface area contributed by atoms with Crippen LogP contribution in [0, 0.1) is 0 Å². The van der Waals surface area contributed by atoms with Crippen molar-refractivity contribution in [2.75, 3.05) is 11.9 Å². The molecule has 12 heteroatoms. The van der Waals surface area contributed by atoms with Crippen LogP contribution in [0.5, 0.6) is 0 Å². The molecule has 5 aromatic rings. The topological polar surface area (TPSA) is 114 Å². The molecule has 0 aliphatic carbocycles. The molecule has 0 fully saturated rings. The minimum absolute atomic E-state index is 0.250. The predicted octanol–water partition coefficient (Wildman–Crippen LogP) is 5.24. The molecule has 0 unspecified atom stereocenters. The average Bonchev–Trinajstić information content (AvgIpc) is 3.58. The molecule has 5 rings (SSSR count). The molecule has 0 bridgehead atoms. The number of hydrogen-bond acceptors (Lipinski definition) is 4. The molecular weight excluding hydrogens is 501 g/mol. The zero-order chi connectivity index (χ0) is 27.1. The first-order valence-corrected chi connectivity index (χ1v) is 11.1. The summed E-state index contributed by atoms with van der Waals surface area (Å²) in [6, 6.07) is 19.7. The fraction of sp³-hybridized carbons (Fsp3) is 0.0769. The van der Waals surface area contributed by atoms with E-state index in [0.29, 0.717) is 5.69 Å². The van der Waals surface area contributed by atoms with Crippen molar-refractivity contribution in [2.24, 2.45) is 0 Å². The van der Waals surface area contributed by atoms with Gasteiger partial charge in [0, 0.05) is 29.8 Å². The SMILES string of the molecule is O=C(NCC(F)(F)F)Nc1cccc(-c2cnc3cc(-c4cccc(-n5cccn5)c4)ccn23)c1.O=CO. The number of hydrogen-bond donors (Lipinski definition) is 3. The fourth-order valence-electron chi connectivity index (χ4n) is 3.74. The summed E-state index contributed by atoms with van der Waals surface area (Å²) in [4.78, 5) is 24.7. The highest BCUT2D eigenvalue weighted by molar-refractivity contribution is 5.90. The van der Waals surface area contributed by atoms with E-state index in [-0.39, 0.29) is 6.47 Å². The molecule has 3 heterocycles. The van der Waals surface area contributed by atoms with Gasteiger partial charge in [-0.2, -0.15) is 18.3 Å². The number of urea groups is 1. The second-order valence-electron chi connectivity index (χ2n) is 7.90. The lowest BCUT2D eigenvalue weighted by Gasteiger charge is -2.11. The van der Waals surface area contributed by atoms with E-state index in [2.05, 4.69) is 15.4 Å². The number of carbonyl (C=O) groups excluding carboxylic acids is 1. The van der Waals surface area contributed by atoms with Crippen LogP contribution in [0.25, 0.3) is 33.7 Å². The smallest absolute Gasteiger partial charge is 0.405 e. The monoisotopic (exact) mass is 522 g/mol. The molecule has 2 aromatic carbocycles. The van der Waals surface area contributed by atoms with Crippen LogP contribution >= 0.6 is 0 Å². The van der Waals surface area contributed by atoms with Crippen molar-refractivity contribution in [1.82, 2.24) is 24.5 Å². The molecule has 0 spiro atoms. The number of benzene rings is 2. The first-order valence-electron chi connectivity index (χ1n) is 11.1. The normalized spacial score (nSPS) is 10.9. The number of fused-ring (bicyclic) bond motifs is 1. The van der Waals surface area contributed by atoms with Gasteiger partial charge >= 0.3 is 12.2 Å². The van der Waals surface area contributed by atoms with Crippen molar-refractivity contribution in [2.45, 2.75) is 6.18 Å². The van der Waals surface area contributed by atoms with Gasteiger partial charge in [0.25, 0.3) is 6.47 Å². The Hall–Kier alpha value is -5.13. The van der Waals surface area contributed by atoms with Gasteiger partial charge in [-0.25, -0.2) is 14.5 Å². The molecule has 9 nitrogen and oxygen atoms in total. The Balaban J connectivity index is 0.00000107. The van der Waals surface area contributed by atoms with E-state index < -0.39 is 18.8 Å². The third kappa shape index (κ3) is 6.35. The molecule has 0 aliphatic rings. The number of halogens is 3. The summed E-state index contributed by atoms with van der Waals surface area (Å²) < 4.78 is 40.7. The number of nitrogens with zero attached hydrogens (tertiary/aromatic N) is 4. The van der Waals surface area contributed by atoms with E-state index in [9.17, 15) is 18.0 Å². The molecule has 0 saturated heterocycles. The summed E-state index contributed by atoms with van der Waals surface area (Å²) in [5.74, 6) is 0. The van der Waals surface area contributed by atoms with E-state index >= 15 is 0 Å². The summed E-state index contributed by atoms with van der Waals surface area (Å²) in [7, 11) is 0. The molecule has 38 heavy (non-hydrogen) atoms. The van der Waals surface area contributed by atoms with Crippen molar-refractivity contribution in [3.05, 3.63) is 91.5 Å². The summed E-state index contributed by atoms with van der Waals surface area (Å²) in [5.41, 5.74) is 5.56. The number of carboxylic acid groups (broad SMARTS) is 1. The van der Waals surface area contributed by atoms with Gasteiger partial charge in [-0.3, -0.25) is 9.20 Å². The van der Waals surface area contributed by atoms with Crippen LogP contribution in [0.15, 0.2) is 91.5 Å². The summed E-state index contributed by atoms with van der Waals surface area (Å²) in [6.45, 7) is -1.65. The maximum Gasteiger partial charge on any atom is 0.405 e. The van der Waals surface area contributed by atoms with Gasteiger partial charge in [-0.15, -0.1) is 0 Å². The lowest BCUT2D eigenvalue weighted by molar-refractivity contribution is -0.123. The molecule has 194 valence electrons. The average molecular weight is 522 g/mol. The van der Waals surface area contributed by atoms with Gasteiger partial charge in [0.05, 0.1) is 17.6 Å². The van der Waals surface area contributed by atoms with Crippen LogP contribution in [0.2, 0.25) is 0 Å². The molecule has 0 radical (unpaired) electrons. The molecule has 3 N–H and O–H groups in total. The first-order chi connectivity index (χ1) is 18.3. The molecule has 0 aliphatic heterocycles. The van der Waals surface area contributed by atoms with Gasteiger partial charge in [-0.05, 0) is 53.6 Å². The highest BCUT2D eigenvalue weighted by Gasteiger charge is 2.27. The van der Waals surface area contributed by atoms with Gasteiger partial charge in [-0.1, -0.05) is 24.3 Å². The highest BCUT2D eigenvalue weighted by Crippen LogP contribution is 2.27.